The third kappa shape index (κ3) is 2.87. The zero-order chi connectivity index (χ0) is 10.5. The van der Waals surface area contributed by atoms with Gasteiger partial charge in [0.15, 0.2) is 0 Å². The van der Waals surface area contributed by atoms with Gasteiger partial charge in [0.1, 0.15) is 0 Å². The van der Waals surface area contributed by atoms with E-state index in [9.17, 15) is 0 Å². The lowest BCUT2D eigenvalue weighted by Gasteiger charge is -2.02. The Morgan fingerprint density at radius 2 is 1.40 bits per heavy atom. The van der Waals surface area contributed by atoms with Crippen LogP contribution in [0.5, 0.6) is 0 Å². The molecule has 75 valence electrons. The Bertz CT molecular complexity index is 403. The molecule has 0 bridgehead atoms. The average molecular weight is 213 g/mol. The van der Waals surface area contributed by atoms with Gasteiger partial charge in [-0.25, -0.2) is 0 Å². The van der Waals surface area contributed by atoms with Crippen molar-refractivity contribution in [1.82, 2.24) is 0 Å². The van der Waals surface area contributed by atoms with Crippen LogP contribution in [0.25, 0.3) is 0 Å². The van der Waals surface area contributed by atoms with Crippen molar-refractivity contribution < 1.29 is 0 Å². The van der Waals surface area contributed by atoms with Crippen LogP contribution in [0, 0.1) is 6.92 Å². The third-order valence-electron chi connectivity index (χ3n) is 2.19. The lowest BCUT2D eigenvalue weighted by Crippen LogP contribution is -1.79. The molecule has 0 fully saturated rings. The Morgan fingerprint density at radius 1 is 0.800 bits per heavy atom. The molecule has 0 atom stereocenters. The van der Waals surface area contributed by atoms with Gasteiger partial charge in [-0.05, 0) is 43.2 Å². The number of hydrogen-bond acceptors (Lipinski definition) is 1. The van der Waals surface area contributed by atoms with Crippen LogP contribution in [-0.4, -0.2) is 0 Å². The van der Waals surface area contributed by atoms with Gasteiger partial charge >= 0.3 is 0 Å². The SMILES string of the molecule is [CH2]Cc1ccc(Sc2ccccc2)cc1. The minimum atomic E-state index is 0.857. The van der Waals surface area contributed by atoms with E-state index in [1.54, 1.807) is 11.8 Å². The summed E-state index contributed by atoms with van der Waals surface area (Å²) in [7, 11) is 0. The first-order valence-electron chi connectivity index (χ1n) is 4.99. The maximum absolute atomic E-state index is 3.86. The van der Waals surface area contributed by atoms with Gasteiger partial charge in [-0.3, -0.25) is 0 Å². The normalized spacial score (nSPS) is 10.2. The highest BCUT2D eigenvalue weighted by atomic mass is 32.2. The van der Waals surface area contributed by atoms with Crippen molar-refractivity contribution in [2.24, 2.45) is 0 Å². The maximum atomic E-state index is 3.86. The molecule has 15 heavy (non-hydrogen) atoms. The van der Waals surface area contributed by atoms with Crippen LogP contribution in [0.4, 0.5) is 0 Å². The summed E-state index contributed by atoms with van der Waals surface area (Å²) >= 11 is 1.79. The molecule has 0 heterocycles. The molecule has 0 saturated carbocycles. The van der Waals surface area contributed by atoms with Gasteiger partial charge < -0.3 is 0 Å². The van der Waals surface area contributed by atoms with Gasteiger partial charge in [0, 0.05) is 9.79 Å². The molecule has 0 unspecified atom stereocenters. The van der Waals surface area contributed by atoms with E-state index in [-0.39, 0.29) is 0 Å². The van der Waals surface area contributed by atoms with E-state index in [0.717, 1.165) is 6.42 Å². The van der Waals surface area contributed by atoms with Gasteiger partial charge in [0.2, 0.25) is 0 Å². The number of benzene rings is 2. The number of rotatable bonds is 3. The van der Waals surface area contributed by atoms with Crippen molar-refractivity contribution in [2.45, 2.75) is 16.2 Å². The summed E-state index contributed by atoms with van der Waals surface area (Å²) in [6.07, 6.45) is 0.857. The fourth-order valence-electron chi connectivity index (χ4n) is 1.35. The minimum absolute atomic E-state index is 0.857. The van der Waals surface area contributed by atoms with E-state index in [1.807, 2.05) is 6.07 Å². The van der Waals surface area contributed by atoms with Crippen LogP contribution in [-0.2, 0) is 6.42 Å². The first-order valence-corrected chi connectivity index (χ1v) is 5.81. The monoisotopic (exact) mass is 213 g/mol. The molecule has 0 amide bonds. The fourth-order valence-corrected chi connectivity index (χ4v) is 2.19. The second-order valence-corrected chi connectivity index (χ2v) is 4.46. The van der Waals surface area contributed by atoms with Gasteiger partial charge in [-0.2, -0.15) is 0 Å². The largest absolute Gasteiger partial charge is 0.0901 e. The molecular weight excluding hydrogens is 200 g/mol. The molecule has 0 saturated heterocycles. The molecule has 0 N–H and O–H groups in total. The Kier molecular flexibility index (Phi) is 3.46. The van der Waals surface area contributed by atoms with Crippen molar-refractivity contribution in [3.05, 3.63) is 67.1 Å². The average Bonchev–Trinajstić information content (AvgIpc) is 2.31. The summed E-state index contributed by atoms with van der Waals surface area (Å²) in [5, 5.41) is 0. The van der Waals surface area contributed by atoms with Gasteiger partial charge in [0.25, 0.3) is 0 Å². The Hall–Kier alpha value is -1.21. The van der Waals surface area contributed by atoms with Crippen LogP contribution in [0.3, 0.4) is 0 Å². The van der Waals surface area contributed by atoms with E-state index >= 15 is 0 Å². The van der Waals surface area contributed by atoms with Crippen molar-refractivity contribution >= 4 is 11.8 Å². The Morgan fingerprint density at radius 3 is 2.00 bits per heavy atom. The van der Waals surface area contributed by atoms with E-state index in [0.29, 0.717) is 0 Å². The van der Waals surface area contributed by atoms with Crippen LogP contribution in [0.2, 0.25) is 0 Å². The second kappa shape index (κ2) is 5.04. The Balaban J connectivity index is 2.11. The molecule has 0 nitrogen and oxygen atoms in total. The highest BCUT2D eigenvalue weighted by molar-refractivity contribution is 7.99. The lowest BCUT2D eigenvalue weighted by atomic mass is 10.2. The highest BCUT2D eigenvalue weighted by Crippen LogP contribution is 2.27. The van der Waals surface area contributed by atoms with Crippen molar-refractivity contribution in [2.75, 3.05) is 0 Å². The number of hydrogen-bond donors (Lipinski definition) is 0. The first kappa shape index (κ1) is 10.3. The van der Waals surface area contributed by atoms with Crippen molar-refractivity contribution in [3.63, 3.8) is 0 Å². The Labute approximate surface area is 95.3 Å². The zero-order valence-electron chi connectivity index (χ0n) is 8.52. The molecule has 2 aromatic carbocycles. The maximum Gasteiger partial charge on any atom is 0.0122 e. The predicted octanol–water partition coefficient (Wildman–Crippen LogP) is 4.21. The van der Waals surface area contributed by atoms with E-state index in [4.69, 9.17) is 0 Å². The molecule has 1 heteroatoms. The van der Waals surface area contributed by atoms with Crippen LogP contribution < -0.4 is 0 Å². The highest BCUT2D eigenvalue weighted by Gasteiger charge is 1.96. The summed E-state index contributed by atoms with van der Waals surface area (Å²) in [5.41, 5.74) is 1.28. The van der Waals surface area contributed by atoms with Crippen LogP contribution in [0.15, 0.2) is 64.4 Å². The van der Waals surface area contributed by atoms with Crippen LogP contribution >= 0.6 is 11.8 Å². The molecule has 2 aromatic rings. The summed E-state index contributed by atoms with van der Waals surface area (Å²) in [6, 6.07) is 19.0. The molecule has 0 aliphatic carbocycles. The molecular formula is C14H13S. The fraction of sp³-hybridized carbons (Fsp3) is 0.0714. The molecule has 2 rings (SSSR count). The third-order valence-corrected chi connectivity index (χ3v) is 3.21. The smallest absolute Gasteiger partial charge is 0.0122 e. The molecule has 0 aliphatic heterocycles. The summed E-state index contributed by atoms with van der Waals surface area (Å²) in [6.45, 7) is 3.86. The zero-order valence-corrected chi connectivity index (χ0v) is 9.34. The molecule has 0 aliphatic rings. The van der Waals surface area contributed by atoms with Crippen molar-refractivity contribution in [1.29, 1.82) is 0 Å². The van der Waals surface area contributed by atoms with Gasteiger partial charge in [0.05, 0.1) is 0 Å². The van der Waals surface area contributed by atoms with E-state index in [2.05, 4.69) is 55.5 Å². The van der Waals surface area contributed by atoms with Crippen molar-refractivity contribution in [3.8, 4) is 0 Å². The first-order chi connectivity index (χ1) is 7.38. The summed E-state index contributed by atoms with van der Waals surface area (Å²) in [5.74, 6) is 0. The van der Waals surface area contributed by atoms with Crippen LogP contribution in [0.1, 0.15) is 5.56 Å². The van der Waals surface area contributed by atoms with Gasteiger partial charge in [-0.1, -0.05) is 42.1 Å². The quantitative estimate of drug-likeness (QED) is 0.735. The second-order valence-electron chi connectivity index (χ2n) is 3.31. The summed E-state index contributed by atoms with van der Waals surface area (Å²) < 4.78 is 0. The van der Waals surface area contributed by atoms with Gasteiger partial charge in [-0.15, -0.1) is 0 Å². The lowest BCUT2D eigenvalue weighted by molar-refractivity contribution is 1.24. The summed E-state index contributed by atoms with van der Waals surface area (Å²) in [4.78, 5) is 2.55. The standard InChI is InChI=1S/C14H13S/c1-2-12-8-10-14(11-9-12)15-13-6-4-3-5-7-13/h3-11H,1-2H2. The minimum Gasteiger partial charge on any atom is -0.0901 e. The predicted molar refractivity (Wildman–Crippen MR) is 66.1 cm³/mol. The topological polar surface area (TPSA) is 0 Å². The van der Waals surface area contributed by atoms with E-state index in [1.165, 1.54) is 15.4 Å². The molecule has 0 aromatic heterocycles. The molecule has 0 spiro atoms. The molecule has 1 radical (unpaired) electrons. The van der Waals surface area contributed by atoms with E-state index < -0.39 is 0 Å².